The summed E-state index contributed by atoms with van der Waals surface area (Å²) in [5.41, 5.74) is 2.42. The highest BCUT2D eigenvalue weighted by molar-refractivity contribution is 9.10. The van der Waals surface area contributed by atoms with Gasteiger partial charge in [0.1, 0.15) is 11.3 Å². The molecule has 0 radical (unpaired) electrons. The van der Waals surface area contributed by atoms with Gasteiger partial charge in [-0.05, 0) is 46.6 Å². The monoisotopic (exact) mass is 317 g/mol. The van der Waals surface area contributed by atoms with Crippen LogP contribution in [0.1, 0.15) is 23.1 Å². The van der Waals surface area contributed by atoms with Gasteiger partial charge in [0.05, 0.1) is 5.69 Å². The molecule has 3 rings (SSSR count). The van der Waals surface area contributed by atoms with Gasteiger partial charge in [0.15, 0.2) is 6.10 Å². The van der Waals surface area contributed by atoms with Crippen molar-refractivity contribution >= 4 is 26.9 Å². The first-order valence-corrected chi connectivity index (χ1v) is 6.73. The van der Waals surface area contributed by atoms with E-state index in [9.17, 15) is 5.11 Å². The lowest BCUT2D eigenvalue weighted by atomic mass is 10.1. The molecular formula is C15H12BrNO2. The fourth-order valence-electron chi connectivity index (χ4n) is 2.10. The zero-order chi connectivity index (χ0) is 13.4. The second kappa shape index (κ2) is 4.79. The summed E-state index contributed by atoms with van der Waals surface area (Å²) < 4.78 is 6.52. The normalized spacial score (nSPS) is 12.8. The van der Waals surface area contributed by atoms with E-state index in [4.69, 9.17) is 4.42 Å². The van der Waals surface area contributed by atoms with Crippen molar-refractivity contribution in [2.24, 2.45) is 0 Å². The summed E-state index contributed by atoms with van der Waals surface area (Å²) >= 11 is 3.39. The van der Waals surface area contributed by atoms with Crippen LogP contribution in [0.2, 0.25) is 0 Å². The van der Waals surface area contributed by atoms with Gasteiger partial charge < -0.3 is 9.52 Å². The number of halogens is 1. The van der Waals surface area contributed by atoms with Crippen molar-refractivity contribution in [2.45, 2.75) is 13.0 Å². The van der Waals surface area contributed by atoms with E-state index in [0.717, 1.165) is 21.0 Å². The third kappa shape index (κ3) is 2.17. The van der Waals surface area contributed by atoms with Crippen molar-refractivity contribution in [3.8, 4) is 0 Å². The summed E-state index contributed by atoms with van der Waals surface area (Å²) in [6.07, 6.45) is 0.777. The molecule has 1 atom stereocenters. The fraction of sp³-hybridized carbons (Fsp3) is 0.133. The van der Waals surface area contributed by atoms with E-state index in [-0.39, 0.29) is 0 Å². The van der Waals surface area contributed by atoms with E-state index in [1.165, 1.54) is 0 Å². The molecule has 3 nitrogen and oxygen atoms in total. The molecule has 0 saturated carbocycles. The summed E-state index contributed by atoms with van der Waals surface area (Å²) in [6.45, 7) is 1.98. The van der Waals surface area contributed by atoms with Gasteiger partial charge in [-0.25, -0.2) is 0 Å². The zero-order valence-corrected chi connectivity index (χ0v) is 11.9. The van der Waals surface area contributed by atoms with Gasteiger partial charge >= 0.3 is 0 Å². The smallest absolute Gasteiger partial charge is 0.155 e. The molecule has 0 bridgehead atoms. The number of benzene rings is 1. The molecule has 0 spiro atoms. The van der Waals surface area contributed by atoms with Crippen molar-refractivity contribution < 1.29 is 9.52 Å². The maximum absolute atomic E-state index is 10.4. The highest BCUT2D eigenvalue weighted by atomic mass is 79.9. The molecule has 1 aromatic carbocycles. The van der Waals surface area contributed by atoms with Crippen molar-refractivity contribution in [2.75, 3.05) is 0 Å². The number of hydrogen-bond donors (Lipinski definition) is 1. The minimum Gasteiger partial charge on any atom is -0.458 e. The van der Waals surface area contributed by atoms with Crippen molar-refractivity contribution in [1.82, 2.24) is 4.98 Å². The maximum atomic E-state index is 10.4. The molecule has 0 fully saturated rings. The number of para-hydroxylation sites is 1. The number of aryl methyl sites for hydroxylation is 1. The number of hydrogen-bond acceptors (Lipinski definition) is 3. The van der Waals surface area contributed by atoms with Crippen LogP contribution in [-0.2, 0) is 0 Å². The Morgan fingerprint density at radius 3 is 2.84 bits per heavy atom. The summed E-state index contributed by atoms with van der Waals surface area (Å²) in [6, 6.07) is 11.4. The third-order valence-corrected chi connectivity index (χ3v) is 3.75. The van der Waals surface area contributed by atoms with Crippen LogP contribution in [0.4, 0.5) is 0 Å². The molecule has 0 amide bonds. The number of aromatic nitrogens is 1. The lowest BCUT2D eigenvalue weighted by Crippen LogP contribution is -2.01. The van der Waals surface area contributed by atoms with Gasteiger partial charge in [0.25, 0.3) is 0 Å². The van der Waals surface area contributed by atoms with E-state index in [1.807, 2.05) is 43.3 Å². The molecule has 0 aliphatic rings. The molecule has 19 heavy (non-hydrogen) atoms. The van der Waals surface area contributed by atoms with Crippen LogP contribution >= 0.6 is 15.9 Å². The van der Waals surface area contributed by atoms with Crippen LogP contribution in [0.15, 0.2) is 51.5 Å². The second-order valence-electron chi connectivity index (χ2n) is 4.42. The highest BCUT2D eigenvalue weighted by Crippen LogP contribution is 2.31. The van der Waals surface area contributed by atoms with Crippen LogP contribution < -0.4 is 0 Å². The Balaban J connectivity index is 2.10. The van der Waals surface area contributed by atoms with Crippen LogP contribution in [0, 0.1) is 6.92 Å². The van der Waals surface area contributed by atoms with Gasteiger partial charge in [-0.2, -0.15) is 0 Å². The molecule has 0 saturated heterocycles. The number of furan rings is 1. The predicted molar refractivity (Wildman–Crippen MR) is 76.9 cm³/mol. The number of rotatable bonds is 2. The van der Waals surface area contributed by atoms with Gasteiger partial charge in [0, 0.05) is 16.1 Å². The SMILES string of the molecule is Cc1cccc2cc(C(O)c3ncccc3Br)oc12. The van der Waals surface area contributed by atoms with Crippen LogP contribution in [0.3, 0.4) is 0 Å². The van der Waals surface area contributed by atoms with Crippen LogP contribution in [-0.4, -0.2) is 10.1 Å². The zero-order valence-electron chi connectivity index (χ0n) is 10.3. The van der Waals surface area contributed by atoms with E-state index in [2.05, 4.69) is 20.9 Å². The first-order valence-electron chi connectivity index (χ1n) is 5.94. The quantitative estimate of drug-likeness (QED) is 0.777. The fourth-order valence-corrected chi connectivity index (χ4v) is 2.57. The summed E-state index contributed by atoms with van der Waals surface area (Å²) in [5, 5.41) is 11.4. The lowest BCUT2D eigenvalue weighted by Gasteiger charge is -2.08. The highest BCUT2D eigenvalue weighted by Gasteiger charge is 2.19. The van der Waals surface area contributed by atoms with Crippen LogP contribution in [0.25, 0.3) is 11.0 Å². The Morgan fingerprint density at radius 2 is 2.11 bits per heavy atom. The third-order valence-electron chi connectivity index (χ3n) is 3.08. The molecule has 1 N–H and O–H groups in total. The summed E-state index contributed by atoms with van der Waals surface area (Å²) in [7, 11) is 0. The number of aliphatic hydroxyl groups is 1. The van der Waals surface area contributed by atoms with E-state index >= 15 is 0 Å². The number of pyridine rings is 1. The molecule has 2 aromatic heterocycles. The minimum atomic E-state index is -0.873. The Kier molecular flexibility index (Phi) is 3.12. The molecule has 96 valence electrons. The van der Waals surface area contributed by atoms with Crippen LogP contribution in [0.5, 0.6) is 0 Å². The largest absolute Gasteiger partial charge is 0.458 e. The lowest BCUT2D eigenvalue weighted by molar-refractivity contribution is 0.187. The number of nitrogens with zero attached hydrogens (tertiary/aromatic N) is 1. The van der Waals surface area contributed by atoms with Crippen molar-refractivity contribution in [1.29, 1.82) is 0 Å². The second-order valence-corrected chi connectivity index (χ2v) is 5.27. The average molecular weight is 318 g/mol. The topological polar surface area (TPSA) is 46.3 Å². The summed E-state index contributed by atoms with van der Waals surface area (Å²) in [5.74, 6) is 0.503. The molecule has 0 aliphatic heterocycles. The van der Waals surface area contributed by atoms with Crippen molar-refractivity contribution in [3.05, 3.63) is 64.1 Å². The molecular weight excluding hydrogens is 306 g/mol. The van der Waals surface area contributed by atoms with Crippen molar-refractivity contribution in [3.63, 3.8) is 0 Å². The predicted octanol–water partition coefficient (Wildman–Crippen LogP) is 3.98. The summed E-state index contributed by atoms with van der Waals surface area (Å²) in [4.78, 5) is 4.19. The van der Waals surface area contributed by atoms with E-state index in [1.54, 1.807) is 6.20 Å². The van der Waals surface area contributed by atoms with Gasteiger partial charge in [-0.15, -0.1) is 0 Å². The Labute approximate surface area is 119 Å². The number of aliphatic hydroxyl groups excluding tert-OH is 1. The maximum Gasteiger partial charge on any atom is 0.155 e. The molecule has 0 aliphatic carbocycles. The van der Waals surface area contributed by atoms with Gasteiger partial charge in [0.2, 0.25) is 0 Å². The standard InChI is InChI=1S/C15H12BrNO2/c1-9-4-2-5-10-8-12(19-15(9)10)14(18)13-11(16)6-3-7-17-13/h2-8,14,18H,1H3. The number of fused-ring (bicyclic) bond motifs is 1. The molecule has 3 aromatic rings. The van der Waals surface area contributed by atoms with Gasteiger partial charge in [-0.3, -0.25) is 4.98 Å². The van der Waals surface area contributed by atoms with E-state index in [0.29, 0.717) is 11.5 Å². The first kappa shape index (κ1) is 12.4. The Morgan fingerprint density at radius 1 is 1.26 bits per heavy atom. The van der Waals surface area contributed by atoms with Gasteiger partial charge in [-0.1, -0.05) is 18.2 Å². The van der Waals surface area contributed by atoms with E-state index < -0.39 is 6.10 Å². The minimum absolute atomic E-state index is 0.503. The Hall–Kier alpha value is -1.65. The molecule has 2 heterocycles. The molecule has 4 heteroatoms. The average Bonchev–Trinajstić information content (AvgIpc) is 2.84. The first-order chi connectivity index (χ1) is 9.16. The Bertz CT molecular complexity index is 736. The molecule has 1 unspecified atom stereocenters.